The molecule has 6 nitrogen and oxygen atoms in total. The average Bonchev–Trinajstić information content (AvgIpc) is 2.64. The number of amides is 1. The predicted octanol–water partition coefficient (Wildman–Crippen LogP) is 2.72. The number of methoxy groups -OCH3 is 1. The van der Waals surface area contributed by atoms with Gasteiger partial charge in [0.15, 0.2) is 5.54 Å². The van der Waals surface area contributed by atoms with Gasteiger partial charge in [0.05, 0.1) is 6.61 Å². The van der Waals surface area contributed by atoms with Crippen molar-refractivity contribution in [1.29, 1.82) is 0 Å². The van der Waals surface area contributed by atoms with Crippen molar-refractivity contribution in [3.63, 3.8) is 0 Å². The van der Waals surface area contributed by atoms with Crippen LogP contribution in [0.3, 0.4) is 0 Å². The maximum atomic E-state index is 14.1. The predicted molar refractivity (Wildman–Crippen MR) is 92.6 cm³/mol. The van der Waals surface area contributed by atoms with Gasteiger partial charge in [0.25, 0.3) is 5.91 Å². The Balaban J connectivity index is 2.29. The fourth-order valence-electron chi connectivity index (χ4n) is 2.39. The van der Waals surface area contributed by atoms with Crippen molar-refractivity contribution >= 4 is 11.9 Å². The monoisotopic (exact) mass is 379 g/mol. The van der Waals surface area contributed by atoms with Crippen LogP contribution >= 0.6 is 0 Å². The molecular formula is C19H19F2NO5. The molecule has 1 amide bonds. The maximum Gasteiger partial charge on any atom is 0.333 e. The quantitative estimate of drug-likeness (QED) is 0.689. The lowest BCUT2D eigenvalue weighted by Crippen LogP contribution is -2.50. The average molecular weight is 379 g/mol. The first-order valence-electron chi connectivity index (χ1n) is 8.01. The van der Waals surface area contributed by atoms with Crippen LogP contribution in [0.1, 0.15) is 22.8 Å². The van der Waals surface area contributed by atoms with Gasteiger partial charge in [-0.3, -0.25) is 4.79 Å². The summed E-state index contributed by atoms with van der Waals surface area (Å²) in [6.07, 6.45) is 0. The molecule has 2 aromatic rings. The number of carbonyl (C=O) groups excluding carboxylic acids is 1. The van der Waals surface area contributed by atoms with Crippen LogP contribution in [0.25, 0.3) is 0 Å². The zero-order valence-electron chi connectivity index (χ0n) is 14.8. The molecule has 1 atom stereocenters. The number of hydrogen-bond acceptors (Lipinski definition) is 4. The van der Waals surface area contributed by atoms with Crippen molar-refractivity contribution in [2.45, 2.75) is 12.5 Å². The van der Waals surface area contributed by atoms with Gasteiger partial charge in [-0.1, -0.05) is 6.07 Å². The molecule has 2 rings (SSSR count). The highest BCUT2D eigenvalue weighted by atomic mass is 19.1. The van der Waals surface area contributed by atoms with Crippen LogP contribution in [0.2, 0.25) is 0 Å². The van der Waals surface area contributed by atoms with Crippen molar-refractivity contribution < 1.29 is 33.0 Å². The Hall–Kier alpha value is -3.00. The lowest BCUT2D eigenvalue weighted by molar-refractivity contribution is -0.144. The van der Waals surface area contributed by atoms with Crippen molar-refractivity contribution in [3.05, 3.63) is 65.2 Å². The van der Waals surface area contributed by atoms with Crippen molar-refractivity contribution in [2.24, 2.45) is 0 Å². The van der Waals surface area contributed by atoms with Gasteiger partial charge >= 0.3 is 5.97 Å². The summed E-state index contributed by atoms with van der Waals surface area (Å²) in [6.45, 7) is 1.71. The summed E-state index contributed by atoms with van der Waals surface area (Å²) < 4.78 is 37.9. The molecule has 0 fully saturated rings. The highest BCUT2D eigenvalue weighted by molar-refractivity contribution is 5.98. The Morgan fingerprint density at radius 3 is 2.56 bits per heavy atom. The zero-order valence-corrected chi connectivity index (χ0v) is 14.8. The van der Waals surface area contributed by atoms with Crippen molar-refractivity contribution in [2.75, 3.05) is 20.3 Å². The molecule has 0 bridgehead atoms. The summed E-state index contributed by atoms with van der Waals surface area (Å²) in [5.74, 6) is -3.69. The van der Waals surface area contributed by atoms with Gasteiger partial charge in [-0.15, -0.1) is 0 Å². The fraction of sp³-hybridized carbons (Fsp3) is 0.263. The number of carbonyl (C=O) groups is 2. The maximum absolute atomic E-state index is 14.1. The van der Waals surface area contributed by atoms with Crippen LogP contribution in [0, 0.1) is 11.6 Å². The van der Waals surface area contributed by atoms with Crippen LogP contribution in [0.15, 0.2) is 42.5 Å². The molecule has 2 N–H and O–H groups in total. The third kappa shape index (κ3) is 4.79. The topological polar surface area (TPSA) is 84.9 Å². The Bertz CT molecular complexity index is 843. The van der Waals surface area contributed by atoms with E-state index in [-0.39, 0.29) is 12.2 Å². The molecule has 0 aliphatic carbocycles. The SMILES string of the molecule is COCCOc1cccc(C(=O)NC(C)(C(=O)O)c2cc(F)ccc2F)c1. The standard InChI is InChI=1S/C19H19F2NO5/c1-19(18(24)25,15-11-13(20)6-7-16(15)21)22-17(23)12-4-3-5-14(10-12)27-9-8-26-2/h3-7,10-11H,8-9H2,1-2H3,(H,22,23)(H,24,25). The summed E-state index contributed by atoms with van der Waals surface area (Å²) >= 11 is 0. The highest BCUT2D eigenvalue weighted by Gasteiger charge is 2.39. The Labute approximate surface area is 154 Å². The van der Waals surface area contributed by atoms with Gasteiger partial charge in [0, 0.05) is 18.2 Å². The molecule has 0 aliphatic rings. The highest BCUT2D eigenvalue weighted by Crippen LogP contribution is 2.26. The smallest absolute Gasteiger partial charge is 0.333 e. The van der Waals surface area contributed by atoms with Crippen LogP contribution in [-0.4, -0.2) is 37.3 Å². The summed E-state index contributed by atoms with van der Waals surface area (Å²) in [4.78, 5) is 24.3. The number of aliphatic carboxylic acids is 1. The number of rotatable bonds is 8. The third-order valence-corrected chi connectivity index (χ3v) is 3.91. The second-order valence-corrected chi connectivity index (χ2v) is 5.88. The number of halogens is 2. The van der Waals surface area contributed by atoms with E-state index in [9.17, 15) is 23.5 Å². The molecule has 144 valence electrons. The molecule has 8 heteroatoms. The minimum Gasteiger partial charge on any atom is -0.491 e. The van der Waals surface area contributed by atoms with Gasteiger partial charge in [0.1, 0.15) is 24.0 Å². The van der Waals surface area contributed by atoms with Crippen LogP contribution in [0.5, 0.6) is 5.75 Å². The van der Waals surface area contributed by atoms with E-state index >= 15 is 0 Å². The van der Waals surface area contributed by atoms with Crippen molar-refractivity contribution in [1.82, 2.24) is 5.32 Å². The molecule has 27 heavy (non-hydrogen) atoms. The molecule has 0 radical (unpaired) electrons. The second kappa shape index (κ2) is 8.59. The first-order valence-corrected chi connectivity index (χ1v) is 8.01. The number of carboxylic acids is 1. The molecular weight excluding hydrogens is 360 g/mol. The van der Waals surface area contributed by atoms with E-state index < -0.39 is 34.6 Å². The third-order valence-electron chi connectivity index (χ3n) is 3.91. The van der Waals surface area contributed by atoms with Crippen LogP contribution in [-0.2, 0) is 15.1 Å². The molecule has 0 saturated heterocycles. The van der Waals surface area contributed by atoms with Crippen LogP contribution < -0.4 is 10.1 Å². The van der Waals surface area contributed by atoms with Gasteiger partial charge in [-0.25, -0.2) is 13.6 Å². The molecule has 0 spiro atoms. The largest absolute Gasteiger partial charge is 0.491 e. The first kappa shape index (κ1) is 20.3. The van der Waals surface area contributed by atoms with E-state index in [0.29, 0.717) is 12.4 Å². The number of nitrogens with one attached hydrogen (secondary N) is 1. The summed E-state index contributed by atoms with van der Waals surface area (Å²) in [7, 11) is 1.52. The van der Waals surface area contributed by atoms with E-state index in [0.717, 1.165) is 25.1 Å². The van der Waals surface area contributed by atoms with Gasteiger partial charge < -0.3 is 19.9 Å². The molecule has 0 heterocycles. The first-order chi connectivity index (χ1) is 12.8. The molecule has 1 unspecified atom stereocenters. The molecule has 2 aromatic carbocycles. The van der Waals surface area contributed by atoms with Gasteiger partial charge in [0.2, 0.25) is 0 Å². The lowest BCUT2D eigenvalue weighted by atomic mass is 9.91. The number of hydrogen-bond donors (Lipinski definition) is 2. The van der Waals surface area contributed by atoms with E-state index in [1.165, 1.54) is 19.2 Å². The lowest BCUT2D eigenvalue weighted by Gasteiger charge is -2.27. The second-order valence-electron chi connectivity index (χ2n) is 5.88. The van der Waals surface area contributed by atoms with E-state index in [1.807, 2.05) is 0 Å². The Morgan fingerprint density at radius 2 is 1.89 bits per heavy atom. The van der Waals surface area contributed by atoms with Crippen molar-refractivity contribution in [3.8, 4) is 5.75 Å². The molecule has 0 aliphatic heterocycles. The summed E-state index contributed by atoms with van der Waals surface area (Å²) in [6, 6.07) is 8.45. The number of carboxylic acid groups (broad SMARTS) is 1. The molecule has 0 aromatic heterocycles. The summed E-state index contributed by atoms with van der Waals surface area (Å²) in [5, 5.41) is 11.8. The minimum atomic E-state index is -2.17. The van der Waals surface area contributed by atoms with E-state index in [1.54, 1.807) is 12.1 Å². The summed E-state index contributed by atoms with van der Waals surface area (Å²) in [5.41, 5.74) is -2.55. The Kier molecular flexibility index (Phi) is 6.46. The number of benzene rings is 2. The van der Waals surface area contributed by atoms with E-state index in [2.05, 4.69) is 5.32 Å². The normalized spacial score (nSPS) is 12.9. The zero-order chi connectivity index (χ0) is 20.0. The van der Waals surface area contributed by atoms with Crippen LogP contribution in [0.4, 0.5) is 8.78 Å². The fourth-order valence-corrected chi connectivity index (χ4v) is 2.39. The Morgan fingerprint density at radius 1 is 1.15 bits per heavy atom. The van der Waals surface area contributed by atoms with E-state index in [4.69, 9.17) is 9.47 Å². The van der Waals surface area contributed by atoms with Gasteiger partial charge in [-0.2, -0.15) is 0 Å². The van der Waals surface area contributed by atoms with Gasteiger partial charge in [-0.05, 0) is 43.3 Å². The number of ether oxygens (including phenoxy) is 2. The minimum absolute atomic E-state index is 0.106. The molecule has 0 saturated carbocycles.